The van der Waals surface area contributed by atoms with Gasteiger partial charge in [0.25, 0.3) is 17.1 Å². The van der Waals surface area contributed by atoms with Gasteiger partial charge in [-0.15, -0.1) is 11.3 Å². The molecule has 8 rings (SSSR count). The maximum absolute atomic E-state index is 13.4. The van der Waals surface area contributed by atoms with Gasteiger partial charge in [0.1, 0.15) is 17.5 Å². The minimum Gasteiger partial charge on any atom is -0.399 e. The lowest BCUT2D eigenvalue weighted by molar-refractivity contribution is -0.386. The molecule has 4 N–H and O–H groups in total. The molecule has 0 amide bonds. The van der Waals surface area contributed by atoms with Crippen LogP contribution in [0.4, 0.5) is 41.6 Å². The van der Waals surface area contributed by atoms with Crippen LogP contribution >= 0.6 is 22.9 Å². The summed E-state index contributed by atoms with van der Waals surface area (Å²) in [6, 6.07) is 42.3. The summed E-state index contributed by atoms with van der Waals surface area (Å²) in [5, 5.41) is 35.5. The van der Waals surface area contributed by atoms with Gasteiger partial charge in [0.05, 0.1) is 30.2 Å². The van der Waals surface area contributed by atoms with Crippen LogP contribution in [0.15, 0.2) is 168 Å². The SMILES string of the molecule is CC(C)(C)c1c(F)cccc1Cl.CC(C)(C)c1c(F)cccc1[N+](=O)[O-].CC(C)(C)c1c(N)cccc1F.CC(C)(C)c1cccc(N)c1.CC(C)(C)c1cccc([N+](=O)[O-])c1.CC(C)(C)c1ccccc1S(C)(=O)=O.CC(C)(C)c1ccccc1[N+](=O)[O-].CC(C)(C)c1nccs1. The highest BCUT2D eigenvalue weighted by Gasteiger charge is 2.29. The highest BCUT2D eigenvalue weighted by atomic mass is 35.5. The molecule has 0 aliphatic rings. The third-order valence-electron chi connectivity index (χ3n) is 14.2. The van der Waals surface area contributed by atoms with E-state index in [1.807, 2.05) is 158 Å². The second-order valence-corrected chi connectivity index (χ2v) is 34.8. The van der Waals surface area contributed by atoms with Crippen LogP contribution in [0.5, 0.6) is 0 Å². The third kappa shape index (κ3) is 30.0. The first-order valence-corrected chi connectivity index (χ1v) is 35.0. The normalized spacial score (nSPS) is 11.7. The van der Waals surface area contributed by atoms with Crippen molar-refractivity contribution in [2.24, 2.45) is 0 Å². The molecular weight excluding hydrogens is 1310 g/mol. The monoisotopic (exact) mass is 1410 g/mol. The van der Waals surface area contributed by atoms with E-state index in [0.717, 1.165) is 22.4 Å². The Labute approximate surface area is 591 Å². The van der Waals surface area contributed by atoms with Gasteiger partial charge in [-0.05, 0) is 103 Å². The lowest BCUT2D eigenvalue weighted by Crippen LogP contribution is -2.16. The van der Waals surface area contributed by atoms with E-state index in [9.17, 15) is 51.9 Å². The van der Waals surface area contributed by atoms with Crippen molar-refractivity contribution < 1.29 is 36.4 Å². The smallest absolute Gasteiger partial charge is 0.276 e. The minimum atomic E-state index is -3.12. The molecule has 0 saturated carbocycles. The third-order valence-corrected chi connectivity index (χ3v) is 16.9. The molecule has 98 heavy (non-hydrogen) atoms. The summed E-state index contributed by atoms with van der Waals surface area (Å²) in [6.45, 7) is 48.0. The number of anilines is 2. The molecule has 1 aromatic heterocycles. The molecule has 0 saturated heterocycles. The number of rotatable bonds is 4. The van der Waals surface area contributed by atoms with Crippen LogP contribution in [0.3, 0.4) is 0 Å². The summed E-state index contributed by atoms with van der Waals surface area (Å²) in [7, 11) is -3.12. The molecule has 0 spiro atoms. The molecule has 0 unspecified atom stereocenters. The first kappa shape index (κ1) is 88.0. The molecule has 20 heteroatoms. The van der Waals surface area contributed by atoms with E-state index in [0.29, 0.717) is 26.7 Å². The van der Waals surface area contributed by atoms with Crippen molar-refractivity contribution >= 4 is 61.2 Å². The molecule has 14 nitrogen and oxygen atoms in total. The second-order valence-electron chi connectivity index (χ2n) is 31.5. The number of benzene rings is 7. The van der Waals surface area contributed by atoms with Crippen molar-refractivity contribution in [2.45, 2.75) is 214 Å². The maximum Gasteiger partial charge on any atom is 0.276 e. The van der Waals surface area contributed by atoms with Crippen molar-refractivity contribution in [1.29, 1.82) is 0 Å². The molecule has 1 heterocycles. The fourth-order valence-electron chi connectivity index (χ4n) is 9.32. The van der Waals surface area contributed by atoms with Crippen molar-refractivity contribution in [3.8, 4) is 0 Å². The summed E-state index contributed by atoms with van der Waals surface area (Å²) < 4.78 is 62.9. The average Bonchev–Trinajstić information content (AvgIpc) is 1.00. The van der Waals surface area contributed by atoms with Crippen molar-refractivity contribution in [3.63, 3.8) is 0 Å². The van der Waals surface area contributed by atoms with E-state index in [1.54, 1.807) is 98.8 Å². The summed E-state index contributed by atoms with van der Waals surface area (Å²) >= 11 is 7.59. The summed E-state index contributed by atoms with van der Waals surface area (Å²) in [5.74, 6) is -0.968. The van der Waals surface area contributed by atoms with Crippen LogP contribution < -0.4 is 11.5 Å². The molecule has 8 aromatic rings. The van der Waals surface area contributed by atoms with Crippen LogP contribution in [0.2, 0.25) is 5.02 Å². The van der Waals surface area contributed by atoms with Crippen molar-refractivity contribution in [1.82, 2.24) is 4.98 Å². The Morgan fingerprint density at radius 1 is 0.429 bits per heavy atom. The summed E-state index contributed by atoms with van der Waals surface area (Å²) in [5.41, 5.74) is 17.2. The van der Waals surface area contributed by atoms with Crippen LogP contribution in [-0.2, 0) is 53.2 Å². The Morgan fingerprint density at radius 3 is 1.14 bits per heavy atom. The van der Waals surface area contributed by atoms with Gasteiger partial charge in [0.2, 0.25) is 0 Å². The molecule has 0 aliphatic heterocycles. The van der Waals surface area contributed by atoms with E-state index in [4.69, 9.17) is 23.1 Å². The van der Waals surface area contributed by atoms with Crippen LogP contribution in [0, 0.1) is 47.8 Å². The number of nitrogen functional groups attached to an aromatic ring is 2. The summed E-state index contributed by atoms with van der Waals surface area (Å²) in [6.07, 6.45) is 3.10. The summed E-state index contributed by atoms with van der Waals surface area (Å²) in [4.78, 5) is 35.2. The van der Waals surface area contributed by atoms with E-state index in [-0.39, 0.29) is 82.0 Å². The molecule has 0 atom stereocenters. The number of sulfone groups is 1. The molecule has 0 aliphatic carbocycles. The largest absolute Gasteiger partial charge is 0.399 e. The number of para-hydroxylation sites is 1. The first-order chi connectivity index (χ1) is 44.4. The number of nitrogens with two attached hydrogens (primary N) is 2. The van der Waals surface area contributed by atoms with Crippen molar-refractivity contribution in [3.05, 3.63) is 260 Å². The van der Waals surface area contributed by atoms with Gasteiger partial charge in [-0.3, -0.25) is 30.3 Å². The van der Waals surface area contributed by atoms with Gasteiger partial charge >= 0.3 is 0 Å². The van der Waals surface area contributed by atoms with Crippen molar-refractivity contribution in [2.75, 3.05) is 17.7 Å². The number of non-ortho nitro benzene ring substituents is 1. The number of halogens is 4. The standard InChI is InChI=1S/C11H16O2S.C10H12ClF.C10H12FNO2.C10H14FN.2C10H13NO2.C10H15N.C7H11NS/c1-11(2,3)9-7-5-6-8-10(9)14(4,12)13;1-10(2,3)9-7(11)5-4-6-8(9)12;1-10(2,3)9-7(11)5-4-6-8(9)12(13)14;1-10(2,3)9-7(11)5-4-6-8(9)12;1-10(2,3)8-5-4-6-9(7-8)11(12)13;1-10(2,3)8-6-4-5-7-9(8)11(12)13;1-10(2,3)8-5-4-6-9(11)7-8;1-7(2,3)6-8-4-5-9-6/h5-8H,1-4H3;4-6H,1-3H3;4-6H,1-3H3;4-6H,12H2,1-3H3;2*4-7H,1-3H3;4-7H,11H2,1-3H3;4-5H,1-3H3. The van der Waals surface area contributed by atoms with Crippen LogP contribution in [-0.4, -0.2) is 34.4 Å². The Morgan fingerprint density at radius 2 is 0.827 bits per heavy atom. The van der Waals surface area contributed by atoms with E-state index in [2.05, 4.69) is 52.6 Å². The highest BCUT2D eigenvalue weighted by Crippen LogP contribution is 2.36. The fraction of sp³-hybridized carbons (Fsp3) is 0.423. The number of aromatic nitrogens is 1. The van der Waals surface area contributed by atoms with Gasteiger partial charge in [-0.2, -0.15) is 0 Å². The molecule has 536 valence electrons. The quantitative estimate of drug-likeness (QED) is 0.0956. The lowest BCUT2D eigenvalue weighted by Gasteiger charge is -2.21. The maximum atomic E-state index is 13.4. The van der Waals surface area contributed by atoms with Crippen LogP contribution in [0.1, 0.15) is 210 Å². The number of hydrogen-bond donors (Lipinski definition) is 2. The average molecular weight is 1410 g/mol. The van der Waals surface area contributed by atoms with Gasteiger partial charge in [0.15, 0.2) is 9.84 Å². The first-order valence-electron chi connectivity index (χ1n) is 31.8. The van der Waals surface area contributed by atoms with E-state index < -0.39 is 26.0 Å². The zero-order valence-electron chi connectivity index (χ0n) is 62.1. The zero-order valence-corrected chi connectivity index (χ0v) is 64.5. The molecule has 7 aromatic carbocycles. The fourth-order valence-corrected chi connectivity index (χ4v) is 11.6. The van der Waals surface area contributed by atoms with Gasteiger partial charge in [-0.25, -0.2) is 26.6 Å². The number of nitro groups is 3. The Kier molecular flexibility index (Phi) is 32.5. The Hall–Kier alpha value is -8.00. The number of thiazole rings is 1. The van der Waals surface area contributed by atoms with Gasteiger partial charge in [-0.1, -0.05) is 257 Å². The Balaban J connectivity index is 0.000000561. The van der Waals surface area contributed by atoms with E-state index in [1.165, 1.54) is 53.2 Å². The minimum absolute atomic E-state index is 0.0357. The van der Waals surface area contributed by atoms with E-state index >= 15 is 0 Å². The van der Waals surface area contributed by atoms with Gasteiger partial charge in [0, 0.05) is 80.6 Å². The predicted octanol–water partition coefficient (Wildman–Crippen LogP) is 22.7. The number of nitro benzene ring substituents is 3. The molecule has 0 radical (unpaired) electrons. The topological polar surface area (TPSA) is 228 Å². The Bertz CT molecular complexity index is 3890. The predicted molar refractivity (Wildman–Crippen MR) is 404 cm³/mol. The lowest BCUT2D eigenvalue weighted by atomic mass is 9.85. The molecular formula is C78H106ClF3N6O8S2. The van der Waals surface area contributed by atoms with Gasteiger partial charge < -0.3 is 11.5 Å². The highest BCUT2D eigenvalue weighted by molar-refractivity contribution is 7.90. The molecule has 0 fully saturated rings. The zero-order chi connectivity index (χ0) is 76.1. The number of hydrogen-bond acceptors (Lipinski definition) is 12. The van der Waals surface area contributed by atoms with Crippen LogP contribution in [0.25, 0.3) is 0 Å². The second kappa shape index (κ2) is 36.2. The molecule has 0 bridgehead atoms. The number of nitrogens with zero attached hydrogens (tertiary/aromatic N) is 4.